The van der Waals surface area contributed by atoms with E-state index in [0.29, 0.717) is 30.3 Å². The summed E-state index contributed by atoms with van der Waals surface area (Å²) in [5.41, 5.74) is 6.81. The largest absolute Gasteiger partial charge is 0.399 e. The molecule has 1 aromatic carbocycles. The number of rotatable bonds is 4. The minimum Gasteiger partial charge on any atom is -0.399 e. The third kappa shape index (κ3) is 4.61. The van der Waals surface area contributed by atoms with Crippen LogP contribution >= 0.6 is 0 Å². The van der Waals surface area contributed by atoms with Crippen molar-refractivity contribution in [1.82, 2.24) is 15.5 Å². The molecule has 3 amide bonds. The molecule has 1 heterocycles. The zero-order chi connectivity index (χ0) is 18.0. The molecule has 4 N–H and O–H groups in total. The molecule has 7 heteroatoms. The first-order chi connectivity index (χ1) is 11.9. The molecule has 2 fully saturated rings. The van der Waals surface area contributed by atoms with E-state index in [1.165, 1.54) is 12.1 Å². The van der Waals surface area contributed by atoms with E-state index < -0.39 is 0 Å². The van der Waals surface area contributed by atoms with Crippen LogP contribution in [0.5, 0.6) is 0 Å². The smallest absolute Gasteiger partial charge is 0.315 e. The van der Waals surface area contributed by atoms with Crippen molar-refractivity contribution < 1.29 is 14.0 Å². The Hall–Kier alpha value is -2.31. The number of nitrogen functional groups attached to an aromatic ring is 1. The first kappa shape index (κ1) is 17.5. The molecule has 1 saturated carbocycles. The number of amides is 3. The van der Waals surface area contributed by atoms with Crippen LogP contribution in [0.4, 0.5) is 14.9 Å². The van der Waals surface area contributed by atoms with E-state index in [4.69, 9.17) is 5.73 Å². The fraction of sp³-hybridized carbons (Fsp3) is 0.556. The molecule has 0 radical (unpaired) electrons. The standard InChI is InChI=1S/C18H25FN4O2/c1-11(24)23-6-4-16(5-7-23)21-18(25)22-17(12-2-3-12)13-8-14(19)10-15(20)9-13/h8-10,12,16-17H,2-7,20H2,1H3,(H2,21,22,25). The number of likely N-dealkylation sites (tertiary alicyclic amines) is 1. The number of nitrogens with one attached hydrogen (secondary N) is 2. The predicted molar refractivity (Wildman–Crippen MR) is 93.2 cm³/mol. The topological polar surface area (TPSA) is 87.5 Å². The van der Waals surface area contributed by atoms with Gasteiger partial charge in [0.15, 0.2) is 0 Å². The van der Waals surface area contributed by atoms with Crippen LogP contribution in [-0.4, -0.2) is 36.0 Å². The summed E-state index contributed by atoms with van der Waals surface area (Å²) in [5.74, 6) is 0.00589. The SMILES string of the molecule is CC(=O)N1CCC(NC(=O)NC(c2cc(N)cc(F)c2)C2CC2)CC1. The average Bonchev–Trinajstić information content (AvgIpc) is 3.37. The van der Waals surface area contributed by atoms with Crippen molar-refractivity contribution in [3.63, 3.8) is 0 Å². The second kappa shape index (κ2) is 7.29. The summed E-state index contributed by atoms with van der Waals surface area (Å²) in [6.45, 7) is 2.88. The van der Waals surface area contributed by atoms with Crippen molar-refractivity contribution >= 4 is 17.6 Å². The molecular weight excluding hydrogens is 323 g/mol. The molecule has 1 unspecified atom stereocenters. The lowest BCUT2D eigenvalue weighted by atomic mass is 10.0. The summed E-state index contributed by atoms with van der Waals surface area (Å²) in [4.78, 5) is 25.5. The van der Waals surface area contributed by atoms with Crippen molar-refractivity contribution in [2.24, 2.45) is 5.92 Å². The molecule has 136 valence electrons. The number of anilines is 1. The zero-order valence-corrected chi connectivity index (χ0v) is 14.4. The first-order valence-corrected chi connectivity index (χ1v) is 8.81. The van der Waals surface area contributed by atoms with Crippen molar-refractivity contribution in [1.29, 1.82) is 0 Å². The first-order valence-electron chi connectivity index (χ1n) is 8.81. The molecule has 0 bridgehead atoms. The lowest BCUT2D eigenvalue weighted by molar-refractivity contribution is -0.129. The maximum absolute atomic E-state index is 13.6. The van der Waals surface area contributed by atoms with Gasteiger partial charge in [-0.1, -0.05) is 0 Å². The number of carbonyl (C=O) groups is 2. The van der Waals surface area contributed by atoms with Crippen LogP contribution in [0.1, 0.15) is 44.2 Å². The molecule has 2 aliphatic rings. The average molecular weight is 348 g/mol. The summed E-state index contributed by atoms with van der Waals surface area (Å²) in [6, 6.07) is 4.00. The van der Waals surface area contributed by atoms with E-state index in [2.05, 4.69) is 10.6 Å². The molecule has 1 aliphatic heterocycles. The number of piperidine rings is 1. The summed E-state index contributed by atoms with van der Waals surface area (Å²) in [7, 11) is 0. The third-order valence-electron chi connectivity index (χ3n) is 4.96. The molecule has 3 rings (SSSR count). The second-order valence-corrected chi connectivity index (χ2v) is 7.03. The van der Waals surface area contributed by atoms with Gasteiger partial charge in [-0.25, -0.2) is 9.18 Å². The van der Waals surface area contributed by atoms with Crippen molar-refractivity contribution in [2.45, 2.75) is 44.7 Å². The van der Waals surface area contributed by atoms with Crippen LogP contribution in [-0.2, 0) is 4.79 Å². The Morgan fingerprint density at radius 2 is 1.88 bits per heavy atom. The maximum atomic E-state index is 13.6. The van der Waals surface area contributed by atoms with E-state index in [-0.39, 0.29) is 29.8 Å². The van der Waals surface area contributed by atoms with Crippen LogP contribution in [0.2, 0.25) is 0 Å². The van der Waals surface area contributed by atoms with Crippen LogP contribution in [0.25, 0.3) is 0 Å². The van der Waals surface area contributed by atoms with E-state index in [1.807, 2.05) is 0 Å². The number of nitrogens with zero attached hydrogens (tertiary/aromatic N) is 1. The van der Waals surface area contributed by atoms with E-state index in [0.717, 1.165) is 25.7 Å². The second-order valence-electron chi connectivity index (χ2n) is 7.03. The van der Waals surface area contributed by atoms with Crippen molar-refractivity contribution in [2.75, 3.05) is 18.8 Å². The molecule has 0 aromatic heterocycles. The van der Waals surface area contributed by atoms with Gasteiger partial charge in [-0.15, -0.1) is 0 Å². The minimum absolute atomic E-state index is 0.0491. The Morgan fingerprint density at radius 3 is 2.44 bits per heavy atom. The molecular formula is C18H25FN4O2. The van der Waals surface area contributed by atoms with Crippen LogP contribution in [0, 0.1) is 11.7 Å². The van der Waals surface area contributed by atoms with Gasteiger partial charge in [0.1, 0.15) is 5.82 Å². The van der Waals surface area contributed by atoms with Crippen molar-refractivity contribution in [3.8, 4) is 0 Å². The summed E-state index contributed by atoms with van der Waals surface area (Å²) in [5, 5.41) is 5.96. The Labute approximate surface area is 146 Å². The van der Waals surface area contributed by atoms with Gasteiger partial charge in [-0.2, -0.15) is 0 Å². The molecule has 25 heavy (non-hydrogen) atoms. The minimum atomic E-state index is -0.389. The van der Waals surface area contributed by atoms with Crippen LogP contribution in [0.15, 0.2) is 18.2 Å². The highest BCUT2D eigenvalue weighted by atomic mass is 19.1. The van der Waals surface area contributed by atoms with E-state index in [9.17, 15) is 14.0 Å². The van der Waals surface area contributed by atoms with Gasteiger partial charge in [0.2, 0.25) is 5.91 Å². The summed E-state index contributed by atoms with van der Waals surface area (Å²) >= 11 is 0. The molecule has 1 aliphatic carbocycles. The molecule has 1 aromatic rings. The third-order valence-corrected chi connectivity index (χ3v) is 4.96. The predicted octanol–water partition coefficient (Wildman–Crippen LogP) is 2.17. The normalized spacial score (nSPS) is 19.4. The fourth-order valence-electron chi connectivity index (χ4n) is 3.43. The van der Waals surface area contributed by atoms with Crippen LogP contribution < -0.4 is 16.4 Å². The summed E-state index contributed by atoms with van der Waals surface area (Å²) in [6.07, 6.45) is 3.51. The van der Waals surface area contributed by atoms with Crippen LogP contribution in [0.3, 0.4) is 0 Å². The number of benzene rings is 1. The maximum Gasteiger partial charge on any atom is 0.315 e. The number of hydrogen-bond donors (Lipinski definition) is 3. The number of nitrogens with two attached hydrogens (primary N) is 1. The quantitative estimate of drug-likeness (QED) is 0.729. The monoisotopic (exact) mass is 348 g/mol. The van der Waals surface area contributed by atoms with Crippen molar-refractivity contribution in [3.05, 3.63) is 29.6 Å². The summed E-state index contributed by atoms with van der Waals surface area (Å²) < 4.78 is 13.6. The lowest BCUT2D eigenvalue weighted by Crippen LogP contribution is -2.49. The van der Waals surface area contributed by atoms with Gasteiger partial charge in [0.25, 0.3) is 0 Å². The van der Waals surface area contributed by atoms with Gasteiger partial charge < -0.3 is 21.3 Å². The lowest BCUT2D eigenvalue weighted by Gasteiger charge is -2.32. The van der Waals surface area contributed by atoms with Gasteiger partial charge in [-0.05, 0) is 55.4 Å². The number of halogens is 1. The fourth-order valence-corrected chi connectivity index (χ4v) is 3.43. The Balaban J connectivity index is 1.58. The highest BCUT2D eigenvalue weighted by Crippen LogP contribution is 2.41. The van der Waals surface area contributed by atoms with E-state index >= 15 is 0 Å². The van der Waals surface area contributed by atoms with Gasteiger partial charge in [0.05, 0.1) is 6.04 Å². The molecule has 6 nitrogen and oxygen atoms in total. The molecule has 1 saturated heterocycles. The molecule has 0 spiro atoms. The highest BCUT2D eigenvalue weighted by molar-refractivity contribution is 5.75. The zero-order valence-electron chi connectivity index (χ0n) is 14.4. The van der Waals surface area contributed by atoms with E-state index in [1.54, 1.807) is 17.9 Å². The number of urea groups is 1. The van der Waals surface area contributed by atoms with Gasteiger partial charge in [0, 0.05) is 31.7 Å². The Morgan fingerprint density at radius 1 is 1.20 bits per heavy atom. The molecule has 1 atom stereocenters. The van der Waals surface area contributed by atoms with Gasteiger partial charge >= 0.3 is 6.03 Å². The highest BCUT2D eigenvalue weighted by Gasteiger charge is 2.34. The number of carbonyl (C=O) groups excluding carboxylic acids is 2. The Bertz CT molecular complexity index is 634. The number of hydrogen-bond acceptors (Lipinski definition) is 3. The van der Waals surface area contributed by atoms with Gasteiger partial charge in [-0.3, -0.25) is 4.79 Å². The Kier molecular flexibility index (Phi) is 5.11.